The molecule has 0 saturated heterocycles. The first-order chi connectivity index (χ1) is 5.88. The van der Waals surface area contributed by atoms with Crippen LogP contribution in [-0.4, -0.2) is 4.98 Å². The molecule has 0 fully saturated rings. The van der Waals surface area contributed by atoms with Gasteiger partial charge in [-0.05, 0) is 28.5 Å². The smallest absolute Gasteiger partial charge is 0.0358 e. The Morgan fingerprint density at radius 3 is 2.92 bits per heavy atom. The topological polar surface area (TPSA) is 12.9 Å². The standard InChI is InChI=1S/C9H6BrNS/c10-9-1-3-11-5-8(9)7-2-4-12-6-7/h1-6H. The molecule has 2 rings (SSSR count). The van der Waals surface area contributed by atoms with Gasteiger partial charge in [-0.25, -0.2) is 0 Å². The fraction of sp³-hybridized carbons (Fsp3) is 0. The molecule has 0 aliphatic heterocycles. The number of rotatable bonds is 1. The molecule has 0 aromatic carbocycles. The molecule has 0 spiro atoms. The van der Waals surface area contributed by atoms with E-state index < -0.39 is 0 Å². The summed E-state index contributed by atoms with van der Waals surface area (Å²) in [5.74, 6) is 0. The van der Waals surface area contributed by atoms with Crippen LogP contribution in [0, 0.1) is 0 Å². The number of thiophene rings is 1. The molecule has 0 unspecified atom stereocenters. The Kier molecular flexibility index (Phi) is 2.23. The monoisotopic (exact) mass is 239 g/mol. The Morgan fingerprint density at radius 1 is 1.33 bits per heavy atom. The summed E-state index contributed by atoms with van der Waals surface area (Å²) in [6, 6.07) is 4.04. The third-order valence-electron chi connectivity index (χ3n) is 1.60. The van der Waals surface area contributed by atoms with Crippen LogP contribution in [0.3, 0.4) is 0 Å². The third-order valence-corrected chi connectivity index (χ3v) is 2.97. The Morgan fingerprint density at radius 2 is 2.25 bits per heavy atom. The highest BCUT2D eigenvalue weighted by molar-refractivity contribution is 9.10. The predicted octanol–water partition coefficient (Wildman–Crippen LogP) is 3.57. The summed E-state index contributed by atoms with van der Waals surface area (Å²) in [5.41, 5.74) is 2.37. The highest BCUT2D eigenvalue weighted by Gasteiger charge is 2.01. The van der Waals surface area contributed by atoms with E-state index in [0.717, 1.165) is 10.0 Å². The van der Waals surface area contributed by atoms with Crippen molar-refractivity contribution < 1.29 is 0 Å². The molecule has 0 N–H and O–H groups in total. The zero-order chi connectivity index (χ0) is 8.39. The molecule has 1 nitrogen and oxygen atoms in total. The maximum atomic E-state index is 4.08. The van der Waals surface area contributed by atoms with Gasteiger partial charge >= 0.3 is 0 Å². The first-order valence-electron chi connectivity index (χ1n) is 3.50. The maximum absolute atomic E-state index is 4.08. The van der Waals surface area contributed by atoms with E-state index >= 15 is 0 Å². The molecule has 2 aromatic heterocycles. The van der Waals surface area contributed by atoms with Crippen molar-refractivity contribution in [1.29, 1.82) is 0 Å². The quantitative estimate of drug-likeness (QED) is 0.742. The summed E-state index contributed by atoms with van der Waals surface area (Å²) in [6.45, 7) is 0. The van der Waals surface area contributed by atoms with Gasteiger partial charge in [-0.2, -0.15) is 11.3 Å². The fourth-order valence-electron chi connectivity index (χ4n) is 1.01. The lowest BCUT2D eigenvalue weighted by Gasteiger charge is -1.98. The SMILES string of the molecule is Brc1ccncc1-c1ccsc1. The van der Waals surface area contributed by atoms with Gasteiger partial charge in [0, 0.05) is 22.4 Å². The molecule has 0 amide bonds. The van der Waals surface area contributed by atoms with E-state index in [1.807, 2.05) is 12.3 Å². The second kappa shape index (κ2) is 3.37. The van der Waals surface area contributed by atoms with Gasteiger partial charge in [0.15, 0.2) is 0 Å². The van der Waals surface area contributed by atoms with Crippen molar-refractivity contribution in [3.8, 4) is 11.1 Å². The average Bonchev–Trinajstić information content (AvgIpc) is 2.57. The fourth-order valence-corrected chi connectivity index (χ4v) is 2.11. The van der Waals surface area contributed by atoms with Crippen molar-refractivity contribution in [3.05, 3.63) is 39.8 Å². The van der Waals surface area contributed by atoms with Gasteiger partial charge < -0.3 is 0 Å². The molecule has 0 radical (unpaired) electrons. The first-order valence-corrected chi connectivity index (χ1v) is 5.23. The van der Waals surface area contributed by atoms with E-state index in [-0.39, 0.29) is 0 Å². The number of hydrogen-bond acceptors (Lipinski definition) is 2. The van der Waals surface area contributed by atoms with Gasteiger partial charge in [0.25, 0.3) is 0 Å². The molecule has 0 bridgehead atoms. The second-order valence-electron chi connectivity index (χ2n) is 2.37. The average molecular weight is 240 g/mol. The van der Waals surface area contributed by atoms with Crippen LogP contribution in [0.4, 0.5) is 0 Å². The van der Waals surface area contributed by atoms with Crippen LogP contribution in [0.15, 0.2) is 39.8 Å². The van der Waals surface area contributed by atoms with Crippen molar-refractivity contribution in [3.63, 3.8) is 0 Å². The molecule has 3 heteroatoms. The highest BCUT2D eigenvalue weighted by atomic mass is 79.9. The highest BCUT2D eigenvalue weighted by Crippen LogP contribution is 2.28. The Bertz CT molecular complexity index is 370. The Balaban J connectivity index is 2.55. The number of pyridine rings is 1. The van der Waals surface area contributed by atoms with Gasteiger partial charge in [-0.1, -0.05) is 15.9 Å². The first kappa shape index (κ1) is 7.95. The van der Waals surface area contributed by atoms with Crippen molar-refractivity contribution in [2.24, 2.45) is 0 Å². The van der Waals surface area contributed by atoms with Crippen LogP contribution in [0.5, 0.6) is 0 Å². The van der Waals surface area contributed by atoms with Crippen molar-refractivity contribution in [2.45, 2.75) is 0 Å². The van der Waals surface area contributed by atoms with E-state index in [4.69, 9.17) is 0 Å². The van der Waals surface area contributed by atoms with E-state index in [9.17, 15) is 0 Å². The lowest BCUT2D eigenvalue weighted by molar-refractivity contribution is 1.32. The molecule has 0 saturated carbocycles. The minimum atomic E-state index is 1.09. The van der Waals surface area contributed by atoms with Crippen LogP contribution < -0.4 is 0 Å². The van der Waals surface area contributed by atoms with Crippen LogP contribution >= 0.6 is 27.3 Å². The van der Waals surface area contributed by atoms with E-state index in [1.54, 1.807) is 17.5 Å². The van der Waals surface area contributed by atoms with Gasteiger partial charge in [-0.15, -0.1) is 0 Å². The third kappa shape index (κ3) is 1.42. The molecule has 60 valence electrons. The number of halogens is 1. The largest absolute Gasteiger partial charge is 0.264 e. The molecular weight excluding hydrogens is 234 g/mol. The predicted molar refractivity (Wildman–Crippen MR) is 55.3 cm³/mol. The summed E-state index contributed by atoms with van der Waals surface area (Å²) in [7, 11) is 0. The van der Waals surface area contributed by atoms with Crippen molar-refractivity contribution >= 4 is 27.3 Å². The lowest BCUT2D eigenvalue weighted by Crippen LogP contribution is -1.77. The van der Waals surface area contributed by atoms with Gasteiger partial charge in [0.1, 0.15) is 0 Å². The molecular formula is C9H6BrNS. The summed E-state index contributed by atoms with van der Waals surface area (Å²) in [4.78, 5) is 4.08. The molecule has 2 aromatic rings. The van der Waals surface area contributed by atoms with E-state index in [1.165, 1.54) is 5.56 Å². The van der Waals surface area contributed by atoms with Gasteiger partial charge in [0.2, 0.25) is 0 Å². The van der Waals surface area contributed by atoms with Crippen LogP contribution in [0.25, 0.3) is 11.1 Å². The minimum Gasteiger partial charge on any atom is -0.264 e. The van der Waals surface area contributed by atoms with E-state index in [2.05, 4.69) is 37.7 Å². The number of nitrogens with zero attached hydrogens (tertiary/aromatic N) is 1. The van der Waals surface area contributed by atoms with Gasteiger partial charge in [-0.3, -0.25) is 4.98 Å². The molecule has 2 heterocycles. The van der Waals surface area contributed by atoms with Crippen LogP contribution in [-0.2, 0) is 0 Å². The van der Waals surface area contributed by atoms with Crippen molar-refractivity contribution in [1.82, 2.24) is 4.98 Å². The number of aromatic nitrogens is 1. The zero-order valence-corrected chi connectivity index (χ0v) is 8.60. The molecule has 0 aliphatic rings. The van der Waals surface area contributed by atoms with E-state index in [0.29, 0.717) is 0 Å². The van der Waals surface area contributed by atoms with Crippen LogP contribution in [0.1, 0.15) is 0 Å². The Hall–Kier alpha value is -0.670. The normalized spacial score (nSPS) is 10.1. The van der Waals surface area contributed by atoms with Crippen molar-refractivity contribution in [2.75, 3.05) is 0 Å². The Labute approximate surface area is 83.2 Å². The summed E-state index contributed by atoms with van der Waals surface area (Å²) in [6.07, 6.45) is 3.64. The number of hydrogen-bond donors (Lipinski definition) is 0. The zero-order valence-electron chi connectivity index (χ0n) is 6.20. The summed E-state index contributed by atoms with van der Waals surface area (Å²) in [5, 5.41) is 4.18. The lowest BCUT2D eigenvalue weighted by atomic mass is 10.2. The molecule has 0 atom stereocenters. The van der Waals surface area contributed by atoms with Crippen LogP contribution in [0.2, 0.25) is 0 Å². The summed E-state index contributed by atoms with van der Waals surface area (Å²) < 4.78 is 1.09. The maximum Gasteiger partial charge on any atom is 0.0358 e. The second-order valence-corrected chi connectivity index (χ2v) is 4.00. The summed E-state index contributed by atoms with van der Waals surface area (Å²) >= 11 is 5.18. The molecule has 12 heavy (non-hydrogen) atoms. The molecule has 0 aliphatic carbocycles. The minimum absolute atomic E-state index is 1.09. The van der Waals surface area contributed by atoms with Gasteiger partial charge in [0.05, 0.1) is 0 Å².